The molecule has 6 heteroatoms. The van der Waals surface area contributed by atoms with Crippen molar-refractivity contribution in [3.63, 3.8) is 0 Å². The number of aromatic nitrogens is 4. The Morgan fingerprint density at radius 1 is 1.04 bits per heavy atom. The quantitative estimate of drug-likeness (QED) is 0.774. The van der Waals surface area contributed by atoms with Crippen LogP contribution in [-0.4, -0.2) is 51.3 Å². The van der Waals surface area contributed by atoms with Crippen molar-refractivity contribution < 1.29 is 0 Å². The van der Waals surface area contributed by atoms with Gasteiger partial charge in [0.15, 0.2) is 5.82 Å². The summed E-state index contributed by atoms with van der Waals surface area (Å²) in [6.07, 6.45) is 2.14. The molecule has 1 fully saturated rings. The van der Waals surface area contributed by atoms with Crippen molar-refractivity contribution in [2.45, 2.75) is 46.2 Å². The Balaban J connectivity index is 1.64. The zero-order valence-corrected chi connectivity index (χ0v) is 15.7. The monoisotopic (exact) mass is 342 g/mol. The fraction of sp³-hybridized carbons (Fsp3) is 0.632. The lowest BCUT2D eigenvalue weighted by molar-refractivity contribution is 0.168. The van der Waals surface area contributed by atoms with E-state index in [9.17, 15) is 0 Å². The maximum Gasteiger partial charge on any atom is 0.168 e. The van der Waals surface area contributed by atoms with Gasteiger partial charge in [0.25, 0.3) is 0 Å². The summed E-state index contributed by atoms with van der Waals surface area (Å²) in [5, 5.41) is 12.5. The Bertz CT molecular complexity index is 630. The Hall–Kier alpha value is -1.95. The van der Waals surface area contributed by atoms with Crippen molar-refractivity contribution in [1.29, 1.82) is 0 Å². The summed E-state index contributed by atoms with van der Waals surface area (Å²) in [7, 11) is 0. The topological polar surface area (TPSA) is 50.1 Å². The van der Waals surface area contributed by atoms with Gasteiger partial charge < -0.3 is 4.90 Å². The number of hydrogen-bond donors (Lipinski definition) is 0. The summed E-state index contributed by atoms with van der Waals surface area (Å²) < 4.78 is 2.01. The molecule has 0 radical (unpaired) electrons. The number of rotatable bonds is 7. The molecule has 1 atom stereocenters. The van der Waals surface area contributed by atoms with Gasteiger partial charge in [0.05, 0.1) is 6.04 Å². The zero-order chi connectivity index (χ0) is 17.6. The summed E-state index contributed by atoms with van der Waals surface area (Å²) in [5.74, 6) is 1.68. The van der Waals surface area contributed by atoms with Crippen LogP contribution in [0.4, 0.5) is 5.69 Å². The van der Waals surface area contributed by atoms with Crippen molar-refractivity contribution in [3.8, 4) is 0 Å². The number of piperazine rings is 1. The van der Waals surface area contributed by atoms with E-state index in [0.29, 0.717) is 12.0 Å². The number of aryl methyl sites for hydroxylation is 1. The van der Waals surface area contributed by atoms with Gasteiger partial charge in [0, 0.05) is 38.4 Å². The van der Waals surface area contributed by atoms with Gasteiger partial charge in [-0.15, -0.1) is 5.10 Å². The van der Waals surface area contributed by atoms with Crippen LogP contribution in [-0.2, 0) is 6.54 Å². The fourth-order valence-electron chi connectivity index (χ4n) is 3.52. The third-order valence-corrected chi connectivity index (χ3v) is 5.04. The third-order valence-electron chi connectivity index (χ3n) is 5.04. The maximum absolute atomic E-state index is 4.36. The first-order valence-electron chi connectivity index (χ1n) is 9.49. The molecule has 136 valence electrons. The Kier molecular flexibility index (Phi) is 6.02. The predicted molar refractivity (Wildman–Crippen MR) is 101 cm³/mol. The first-order valence-corrected chi connectivity index (χ1v) is 9.49. The molecule has 1 saturated heterocycles. The summed E-state index contributed by atoms with van der Waals surface area (Å²) in [6, 6.07) is 11.0. The van der Waals surface area contributed by atoms with Crippen molar-refractivity contribution >= 4 is 5.69 Å². The molecule has 1 aromatic heterocycles. The number of hydrogen-bond acceptors (Lipinski definition) is 5. The molecule has 2 heterocycles. The average Bonchev–Trinajstić information content (AvgIpc) is 3.10. The summed E-state index contributed by atoms with van der Waals surface area (Å²) in [5.41, 5.74) is 1.32. The molecule has 25 heavy (non-hydrogen) atoms. The highest BCUT2D eigenvalue weighted by Gasteiger charge is 2.27. The minimum Gasteiger partial charge on any atom is -0.369 e. The molecule has 2 aromatic rings. The van der Waals surface area contributed by atoms with E-state index in [-0.39, 0.29) is 0 Å². The number of anilines is 1. The lowest BCUT2D eigenvalue weighted by Gasteiger charge is -2.39. The Morgan fingerprint density at radius 3 is 2.40 bits per heavy atom. The number of tetrazole rings is 1. The largest absolute Gasteiger partial charge is 0.369 e. The SMILES string of the molecule is CC[C@@H](c1nnnn1CCC(C)C)N1CCN(c2ccccc2)CC1. The van der Waals surface area contributed by atoms with Gasteiger partial charge in [-0.25, -0.2) is 4.68 Å². The predicted octanol–water partition coefficient (Wildman–Crippen LogP) is 2.99. The number of nitrogens with zero attached hydrogens (tertiary/aromatic N) is 6. The molecule has 1 aliphatic rings. The molecule has 0 saturated carbocycles. The van der Waals surface area contributed by atoms with Gasteiger partial charge in [0.2, 0.25) is 0 Å². The van der Waals surface area contributed by atoms with Crippen LogP contribution in [0.2, 0.25) is 0 Å². The van der Waals surface area contributed by atoms with Gasteiger partial charge in [-0.2, -0.15) is 0 Å². The minimum atomic E-state index is 0.306. The van der Waals surface area contributed by atoms with Gasteiger partial charge in [0.1, 0.15) is 0 Å². The average molecular weight is 342 g/mol. The Labute approximate surface area is 150 Å². The molecule has 1 aliphatic heterocycles. The molecule has 1 aromatic carbocycles. The molecular weight excluding hydrogens is 312 g/mol. The molecule has 0 spiro atoms. The minimum absolute atomic E-state index is 0.306. The molecule has 3 rings (SSSR count). The molecule has 0 aliphatic carbocycles. The Morgan fingerprint density at radius 2 is 1.76 bits per heavy atom. The van der Waals surface area contributed by atoms with E-state index in [1.54, 1.807) is 0 Å². The lowest BCUT2D eigenvalue weighted by Crippen LogP contribution is -2.48. The number of benzene rings is 1. The highest BCUT2D eigenvalue weighted by Crippen LogP contribution is 2.25. The first kappa shape index (κ1) is 17.9. The van der Waals surface area contributed by atoms with Crippen molar-refractivity contribution in [3.05, 3.63) is 36.2 Å². The van der Waals surface area contributed by atoms with E-state index < -0.39 is 0 Å². The second-order valence-corrected chi connectivity index (χ2v) is 7.23. The van der Waals surface area contributed by atoms with E-state index in [0.717, 1.165) is 51.4 Å². The molecule has 0 N–H and O–H groups in total. The smallest absolute Gasteiger partial charge is 0.168 e. The van der Waals surface area contributed by atoms with E-state index in [4.69, 9.17) is 0 Å². The highest BCUT2D eigenvalue weighted by atomic mass is 15.5. The molecule has 0 unspecified atom stereocenters. The zero-order valence-electron chi connectivity index (χ0n) is 15.7. The van der Waals surface area contributed by atoms with Crippen LogP contribution in [0.25, 0.3) is 0 Å². The summed E-state index contributed by atoms with van der Waals surface area (Å²) in [6.45, 7) is 11.8. The maximum atomic E-state index is 4.36. The first-order chi connectivity index (χ1) is 12.2. The van der Waals surface area contributed by atoms with Crippen LogP contribution in [0.3, 0.4) is 0 Å². The summed E-state index contributed by atoms with van der Waals surface area (Å²) in [4.78, 5) is 5.00. The van der Waals surface area contributed by atoms with Crippen LogP contribution < -0.4 is 4.90 Å². The van der Waals surface area contributed by atoms with E-state index >= 15 is 0 Å². The highest BCUT2D eigenvalue weighted by molar-refractivity contribution is 5.46. The van der Waals surface area contributed by atoms with Gasteiger partial charge >= 0.3 is 0 Å². The van der Waals surface area contributed by atoms with Crippen LogP contribution in [0, 0.1) is 5.92 Å². The van der Waals surface area contributed by atoms with Crippen LogP contribution in [0.5, 0.6) is 0 Å². The van der Waals surface area contributed by atoms with Crippen LogP contribution in [0.15, 0.2) is 30.3 Å². The van der Waals surface area contributed by atoms with E-state index in [1.165, 1.54) is 5.69 Å². The number of para-hydroxylation sites is 1. The molecule has 0 amide bonds. The van der Waals surface area contributed by atoms with Crippen LogP contribution >= 0.6 is 0 Å². The van der Waals surface area contributed by atoms with Gasteiger partial charge in [-0.05, 0) is 41.3 Å². The van der Waals surface area contributed by atoms with E-state index in [2.05, 4.69) is 76.4 Å². The fourth-order valence-corrected chi connectivity index (χ4v) is 3.52. The van der Waals surface area contributed by atoms with Crippen molar-refractivity contribution in [2.24, 2.45) is 5.92 Å². The van der Waals surface area contributed by atoms with Crippen molar-refractivity contribution in [1.82, 2.24) is 25.1 Å². The second kappa shape index (κ2) is 8.43. The normalized spacial score (nSPS) is 17.2. The molecule has 6 nitrogen and oxygen atoms in total. The lowest BCUT2D eigenvalue weighted by atomic mass is 10.1. The molecular formula is C19H30N6. The van der Waals surface area contributed by atoms with Crippen LogP contribution in [0.1, 0.15) is 45.5 Å². The second-order valence-electron chi connectivity index (χ2n) is 7.23. The molecule has 0 bridgehead atoms. The van der Waals surface area contributed by atoms with E-state index in [1.807, 2.05) is 4.68 Å². The summed E-state index contributed by atoms with van der Waals surface area (Å²) >= 11 is 0. The van der Waals surface area contributed by atoms with Crippen molar-refractivity contribution in [2.75, 3.05) is 31.1 Å². The third kappa shape index (κ3) is 4.37. The standard InChI is InChI=1S/C19H30N6/c1-4-18(19-20-21-22-25(19)11-10-16(2)3)24-14-12-23(13-15-24)17-8-6-5-7-9-17/h5-9,16,18H,4,10-15H2,1-3H3/t18-/m0/s1. The van der Waals surface area contributed by atoms with Gasteiger partial charge in [-0.3, -0.25) is 4.90 Å². The van der Waals surface area contributed by atoms with Gasteiger partial charge in [-0.1, -0.05) is 39.0 Å².